The summed E-state index contributed by atoms with van der Waals surface area (Å²) < 4.78 is 33.3. The van der Waals surface area contributed by atoms with Gasteiger partial charge in [0, 0.05) is 28.4 Å². The van der Waals surface area contributed by atoms with Gasteiger partial charge in [-0.05, 0) is 37.0 Å². The van der Waals surface area contributed by atoms with E-state index in [1.165, 1.54) is 7.11 Å². The van der Waals surface area contributed by atoms with Gasteiger partial charge in [-0.3, -0.25) is 4.79 Å². The van der Waals surface area contributed by atoms with Crippen LogP contribution in [-0.4, -0.2) is 49.9 Å². The minimum absolute atomic E-state index is 0.0174. The Morgan fingerprint density at radius 1 is 1.26 bits per heavy atom. The molecule has 2 N–H and O–H groups in total. The number of benzene rings is 1. The maximum absolute atomic E-state index is 13.1. The van der Waals surface area contributed by atoms with Gasteiger partial charge in [0.05, 0.1) is 19.2 Å². The minimum Gasteiger partial charge on any atom is -0.465 e. The van der Waals surface area contributed by atoms with E-state index in [1.54, 1.807) is 4.90 Å². The van der Waals surface area contributed by atoms with Gasteiger partial charge in [-0.2, -0.15) is 0 Å². The van der Waals surface area contributed by atoms with Gasteiger partial charge in [0.1, 0.15) is 9.90 Å². The molecule has 0 atom stereocenters. The summed E-state index contributed by atoms with van der Waals surface area (Å²) in [5, 5.41) is 0.951. The number of ether oxygens (including phenoxy) is 1. The monoisotopic (exact) mass is 459 g/mol. The number of H-pyrrole nitrogens is 1. The molecule has 2 aliphatic rings. The van der Waals surface area contributed by atoms with Crippen molar-refractivity contribution in [2.24, 2.45) is 0 Å². The summed E-state index contributed by atoms with van der Waals surface area (Å²) in [6.07, 6.45) is 1.98. The third kappa shape index (κ3) is 3.64. The van der Waals surface area contributed by atoms with Gasteiger partial charge in [0.25, 0.3) is 15.9 Å². The Morgan fingerprint density at radius 3 is 2.74 bits per heavy atom. The van der Waals surface area contributed by atoms with Crippen molar-refractivity contribution in [3.05, 3.63) is 52.0 Å². The van der Waals surface area contributed by atoms with Gasteiger partial charge >= 0.3 is 5.97 Å². The predicted molar refractivity (Wildman–Crippen MR) is 116 cm³/mol. The van der Waals surface area contributed by atoms with E-state index in [1.807, 2.05) is 30.3 Å². The van der Waals surface area contributed by atoms with Gasteiger partial charge in [0.15, 0.2) is 0 Å². The second kappa shape index (κ2) is 7.47. The van der Waals surface area contributed by atoms with E-state index in [2.05, 4.69) is 9.71 Å². The van der Waals surface area contributed by atoms with Crippen molar-refractivity contribution in [2.45, 2.75) is 36.1 Å². The van der Waals surface area contributed by atoms with Gasteiger partial charge < -0.3 is 14.6 Å². The van der Waals surface area contributed by atoms with Gasteiger partial charge in [-0.15, -0.1) is 11.3 Å². The molecule has 1 amide bonds. The quantitative estimate of drug-likeness (QED) is 0.570. The zero-order valence-electron chi connectivity index (χ0n) is 16.8. The number of aromatic amines is 1. The number of aromatic nitrogens is 1. The van der Waals surface area contributed by atoms with Crippen LogP contribution < -0.4 is 4.72 Å². The molecular weight excluding hydrogens is 438 g/mol. The van der Waals surface area contributed by atoms with Crippen LogP contribution in [0.15, 0.2) is 34.5 Å². The van der Waals surface area contributed by atoms with E-state index in [4.69, 9.17) is 4.74 Å². The molecule has 0 bridgehead atoms. The van der Waals surface area contributed by atoms with Crippen LogP contribution >= 0.6 is 11.3 Å². The molecule has 31 heavy (non-hydrogen) atoms. The van der Waals surface area contributed by atoms with E-state index in [9.17, 15) is 18.0 Å². The molecule has 3 heterocycles. The number of para-hydroxylation sites is 1. The van der Waals surface area contributed by atoms with Crippen LogP contribution in [0.5, 0.6) is 0 Å². The number of thiophene rings is 1. The lowest BCUT2D eigenvalue weighted by atomic mass is 10.0. The number of nitrogens with zero attached hydrogens (tertiary/aromatic N) is 1. The molecule has 1 aliphatic heterocycles. The molecule has 1 aliphatic carbocycles. The first-order chi connectivity index (χ1) is 14.9. The lowest BCUT2D eigenvalue weighted by molar-refractivity contribution is 0.0595. The number of nitrogens with one attached hydrogen (secondary N) is 2. The van der Waals surface area contributed by atoms with E-state index in [0.717, 1.165) is 35.1 Å². The number of hydrogen-bond acceptors (Lipinski definition) is 6. The zero-order chi connectivity index (χ0) is 21.8. The highest BCUT2D eigenvalue weighted by Gasteiger charge is 2.37. The van der Waals surface area contributed by atoms with Crippen LogP contribution in [0.4, 0.5) is 0 Å². The second-order valence-electron chi connectivity index (χ2n) is 7.80. The summed E-state index contributed by atoms with van der Waals surface area (Å²) in [5.41, 5.74) is 2.13. The number of sulfonamides is 1. The fraction of sp³-hybridized carbons (Fsp3) is 0.333. The molecule has 0 radical (unpaired) electrons. The summed E-state index contributed by atoms with van der Waals surface area (Å²) in [6, 6.07) is 9.40. The Labute approximate surface area is 183 Å². The van der Waals surface area contributed by atoms with Crippen LogP contribution in [0.1, 0.15) is 44.1 Å². The van der Waals surface area contributed by atoms with Crippen molar-refractivity contribution in [3.8, 4) is 0 Å². The van der Waals surface area contributed by atoms with Crippen LogP contribution in [0.25, 0.3) is 10.9 Å². The molecule has 0 unspecified atom stereocenters. The molecule has 162 valence electrons. The predicted octanol–water partition coefficient (Wildman–Crippen LogP) is 2.66. The first-order valence-corrected chi connectivity index (χ1v) is 12.3. The number of rotatable bonds is 5. The largest absolute Gasteiger partial charge is 0.465 e. The molecule has 0 spiro atoms. The molecule has 0 saturated heterocycles. The normalized spacial score (nSPS) is 16.4. The third-order valence-electron chi connectivity index (χ3n) is 5.60. The van der Waals surface area contributed by atoms with Crippen molar-refractivity contribution in [1.29, 1.82) is 0 Å². The van der Waals surface area contributed by atoms with Gasteiger partial charge in [-0.1, -0.05) is 18.2 Å². The highest BCUT2D eigenvalue weighted by molar-refractivity contribution is 7.91. The highest BCUT2D eigenvalue weighted by Crippen LogP contribution is 2.38. The van der Waals surface area contributed by atoms with Crippen molar-refractivity contribution in [3.63, 3.8) is 0 Å². The van der Waals surface area contributed by atoms with E-state index in [0.29, 0.717) is 29.1 Å². The lowest BCUT2D eigenvalue weighted by Gasteiger charge is -2.26. The Balaban J connectivity index is 1.47. The van der Waals surface area contributed by atoms with Crippen molar-refractivity contribution >= 4 is 44.1 Å². The first kappa shape index (κ1) is 20.2. The fourth-order valence-electron chi connectivity index (χ4n) is 3.88. The number of carbonyl (C=O) groups is 2. The Bertz CT molecular complexity index is 1270. The molecule has 5 rings (SSSR count). The maximum Gasteiger partial charge on any atom is 0.340 e. The number of esters is 1. The molecular formula is C21H21N3O5S2. The van der Waals surface area contributed by atoms with E-state index in [-0.39, 0.29) is 28.3 Å². The van der Waals surface area contributed by atoms with E-state index < -0.39 is 16.0 Å². The highest BCUT2D eigenvalue weighted by atomic mass is 32.2. The number of amides is 1. The lowest BCUT2D eigenvalue weighted by Crippen LogP contribution is -2.36. The summed E-state index contributed by atoms with van der Waals surface area (Å²) in [4.78, 5) is 31.1. The van der Waals surface area contributed by atoms with E-state index >= 15 is 0 Å². The first-order valence-electron chi connectivity index (χ1n) is 9.99. The summed E-state index contributed by atoms with van der Waals surface area (Å²) in [5.74, 6) is -0.820. The van der Waals surface area contributed by atoms with Crippen LogP contribution in [0.2, 0.25) is 0 Å². The zero-order valence-corrected chi connectivity index (χ0v) is 18.4. The summed E-state index contributed by atoms with van der Waals surface area (Å²) in [7, 11) is -2.58. The standard InChI is InChI=1S/C21H21N3O5S2/c1-29-20(26)18-14-8-9-24(19(25)16-10-12-4-2-3-5-15(12)22-16)11-17(14)30-21(18)31(27,28)23-13-6-7-13/h2-5,10,13,22-23H,6-9,11H2,1H3. The molecule has 1 aromatic carbocycles. The average Bonchev–Trinajstić information content (AvgIpc) is 3.31. The maximum atomic E-state index is 13.1. The molecule has 1 saturated carbocycles. The van der Waals surface area contributed by atoms with Crippen LogP contribution in [0, 0.1) is 0 Å². The molecule has 1 fully saturated rings. The van der Waals surface area contributed by atoms with Crippen LogP contribution in [-0.2, 0) is 27.7 Å². The second-order valence-corrected chi connectivity index (χ2v) is 10.8. The van der Waals surface area contributed by atoms with Gasteiger partial charge in [-0.25, -0.2) is 17.9 Å². The van der Waals surface area contributed by atoms with Gasteiger partial charge in [0.2, 0.25) is 0 Å². The van der Waals surface area contributed by atoms with Crippen molar-refractivity contribution in [1.82, 2.24) is 14.6 Å². The number of hydrogen-bond donors (Lipinski definition) is 2. The Hall–Kier alpha value is -2.69. The number of fused-ring (bicyclic) bond motifs is 2. The minimum atomic E-state index is -3.83. The molecule has 3 aromatic rings. The Kier molecular flexibility index (Phi) is 4.87. The van der Waals surface area contributed by atoms with Crippen LogP contribution in [0.3, 0.4) is 0 Å². The molecule has 10 heteroatoms. The fourth-order valence-corrected chi connectivity index (χ4v) is 7.10. The number of methoxy groups -OCH3 is 1. The molecule has 8 nitrogen and oxygen atoms in total. The smallest absolute Gasteiger partial charge is 0.340 e. The number of carbonyl (C=O) groups excluding carboxylic acids is 2. The van der Waals surface area contributed by atoms with Crippen molar-refractivity contribution in [2.75, 3.05) is 13.7 Å². The third-order valence-corrected chi connectivity index (χ3v) is 8.86. The summed E-state index contributed by atoms with van der Waals surface area (Å²) in [6.45, 7) is 0.634. The Morgan fingerprint density at radius 2 is 2.03 bits per heavy atom. The SMILES string of the molecule is COC(=O)c1c(S(=O)(=O)NC2CC2)sc2c1CCN(C(=O)c1cc3ccccc3[nH]1)C2. The van der Waals surface area contributed by atoms with Crippen molar-refractivity contribution < 1.29 is 22.7 Å². The average molecular weight is 460 g/mol. The topological polar surface area (TPSA) is 109 Å². The summed E-state index contributed by atoms with van der Waals surface area (Å²) >= 11 is 1.05. The molecule has 2 aromatic heterocycles.